The summed E-state index contributed by atoms with van der Waals surface area (Å²) in [6.07, 6.45) is 0.467. The van der Waals surface area contributed by atoms with Gasteiger partial charge in [-0.25, -0.2) is 4.98 Å². The molecule has 0 aliphatic carbocycles. The predicted octanol–water partition coefficient (Wildman–Crippen LogP) is 3.79. The molecule has 2 aromatic carbocycles. The first-order chi connectivity index (χ1) is 9.97. The molecule has 3 aromatic rings. The zero-order chi connectivity index (χ0) is 15.0. The molecule has 0 saturated carbocycles. The van der Waals surface area contributed by atoms with Crippen LogP contribution in [0.15, 0.2) is 53.0 Å². The minimum absolute atomic E-state index is 0.467. The van der Waals surface area contributed by atoms with E-state index in [0.717, 1.165) is 26.9 Å². The van der Waals surface area contributed by atoms with Crippen molar-refractivity contribution < 1.29 is 5.11 Å². The van der Waals surface area contributed by atoms with Crippen molar-refractivity contribution in [3.05, 3.63) is 64.4 Å². The van der Waals surface area contributed by atoms with Gasteiger partial charge >= 0.3 is 0 Å². The molecule has 0 radical (unpaired) electrons. The molecule has 0 aliphatic rings. The second-order valence-electron chi connectivity index (χ2n) is 5.54. The predicted molar refractivity (Wildman–Crippen MR) is 88.1 cm³/mol. The number of hydrogen-bond donors (Lipinski definition) is 1. The average molecular weight is 345 g/mol. The summed E-state index contributed by atoms with van der Waals surface area (Å²) in [6, 6.07) is 15.8. The van der Waals surface area contributed by atoms with Gasteiger partial charge in [0.25, 0.3) is 0 Å². The molecular formula is C17H17BrN2O. The van der Waals surface area contributed by atoms with Crippen LogP contribution in [0.4, 0.5) is 0 Å². The van der Waals surface area contributed by atoms with Crippen LogP contribution in [0.5, 0.6) is 0 Å². The van der Waals surface area contributed by atoms with Crippen molar-refractivity contribution in [3.8, 4) is 0 Å². The summed E-state index contributed by atoms with van der Waals surface area (Å²) < 4.78 is 3.01. The summed E-state index contributed by atoms with van der Waals surface area (Å²) in [5.74, 6) is 0.876. The van der Waals surface area contributed by atoms with E-state index in [1.54, 1.807) is 0 Å². The van der Waals surface area contributed by atoms with Crippen LogP contribution in [0, 0.1) is 0 Å². The zero-order valence-electron chi connectivity index (χ0n) is 12.0. The van der Waals surface area contributed by atoms with Crippen molar-refractivity contribution in [2.24, 2.45) is 7.05 Å². The number of imidazole rings is 1. The number of fused-ring (bicyclic) bond motifs is 1. The average Bonchev–Trinajstić information content (AvgIpc) is 2.75. The Hall–Kier alpha value is -1.65. The third kappa shape index (κ3) is 2.74. The molecule has 1 aromatic heterocycles. The smallest absolute Gasteiger partial charge is 0.112 e. The van der Waals surface area contributed by atoms with Crippen LogP contribution < -0.4 is 0 Å². The number of hydrogen-bond acceptors (Lipinski definition) is 2. The molecule has 1 N–H and O–H groups in total. The summed E-state index contributed by atoms with van der Waals surface area (Å²) in [7, 11) is 1.99. The maximum atomic E-state index is 10.8. The number of halogens is 1. The van der Waals surface area contributed by atoms with Crippen LogP contribution in [-0.2, 0) is 19.1 Å². The van der Waals surface area contributed by atoms with Crippen molar-refractivity contribution >= 4 is 27.0 Å². The second kappa shape index (κ2) is 5.28. The van der Waals surface area contributed by atoms with Crippen LogP contribution in [0.1, 0.15) is 18.3 Å². The minimum Gasteiger partial charge on any atom is -0.385 e. The molecule has 3 nitrogen and oxygen atoms in total. The number of para-hydroxylation sites is 2. The summed E-state index contributed by atoms with van der Waals surface area (Å²) in [5.41, 5.74) is 1.96. The van der Waals surface area contributed by atoms with Gasteiger partial charge in [-0.3, -0.25) is 0 Å². The number of benzene rings is 2. The van der Waals surface area contributed by atoms with Crippen LogP contribution in [-0.4, -0.2) is 14.7 Å². The number of rotatable bonds is 3. The molecule has 0 fully saturated rings. The van der Waals surface area contributed by atoms with Gasteiger partial charge in [-0.05, 0) is 36.8 Å². The Balaban J connectivity index is 1.99. The minimum atomic E-state index is -0.959. The maximum absolute atomic E-state index is 10.8. The standard InChI is InChI=1S/C17H17BrN2O/c1-17(21,12-6-5-7-13(18)10-12)11-16-19-14-8-3-4-9-15(14)20(16)2/h3-10,21H,11H2,1-2H3. The second-order valence-corrected chi connectivity index (χ2v) is 6.45. The molecule has 1 unspecified atom stereocenters. The summed E-state index contributed by atoms with van der Waals surface area (Å²) >= 11 is 3.45. The SMILES string of the molecule is Cn1c(CC(C)(O)c2cccc(Br)c2)nc2ccccc21. The number of aliphatic hydroxyl groups is 1. The lowest BCUT2D eigenvalue weighted by atomic mass is 9.92. The normalized spacial score (nSPS) is 14.3. The van der Waals surface area contributed by atoms with Gasteiger partial charge in [-0.2, -0.15) is 0 Å². The molecule has 0 bridgehead atoms. The molecule has 0 spiro atoms. The van der Waals surface area contributed by atoms with Crippen molar-refractivity contribution in [3.63, 3.8) is 0 Å². The molecule has 1 atom stereocenters. The van der Waals surface area contributed by atoms with Gasteiger partial charge in [0, 0.05) is 17.9 Å². The lowest BCUT2D eigenvalue weighted by molar-refractivity contribution is 0.0548. The fourth-order valence-corrected chi connectivity index (χ4v) is 2.99. The summed E-state index contributed by atoms with van der Waals surface area (Å²) in [4.78, 5) is 4.64. The Kier molecular flexibility index (Phi) is 3.59. The number of nitrogens with zero attached hydrogens (tertiary/aromatic N) is 2. The van der Waals surface area contributed by atoms with E-state index in [1.807, 2.05) is 67.1 Å². The van der Waals surface area contributed by atoms with E-state index < -0.39 is 5.60 Å². The molecule has 0 saturated heterocycles. The van der Waals surface area contributed by atoms with Gasteiger partial charge in [0.15, 0.2) is 0 Å². The zero-order valence-corrected chi connectivity index (χ0v) is 13.6. The highest BCUT2D eigenvalue weighted by Crippen LogP contribution is 2.28. The molecule has 4 heteroatoms. The van der Waals surface area contributed by atoms with Crippen molar-refractivity contribution in [2.75, 3.05) is 0 Å². The van der Waals surface area contributed by atoms with Crippen LogP contribution in [0.25, 0.3) is 11.0 Å². The molecule has 1 heterocycles. The van der Waals surface area contributed by atoms with E-state index in [1.165, 1.54) is 0 Å². The Bertz CT molecular complexity index is 792. The van der Waals surface area contributed by atoms with Crippen LogP contribution in [0.3, 0.4) is 0 Å². The number of aromatic nitrogens is 2. The van der Waals surface area contributed by atoms with E-state index >= 15 is 0 Å². The molecule has 0 amide bonds. The largest absolute Gasteiger partial charge is 0.385 e. The molecular weight excluding hydrogens is 328 g/mol. The highest BCUT2D eigenvalue weighted by atomic mass is 79.9. The molecule has 108 valence electrons. The molecule has 0 aliphatic heterocycles. The fourth-order valence-electron chi connectivity index (χ4n) is 2.59. The van der Waals surface area contributed by atoms with Gasteiger partial charge in [-0.15, -0.1) is 0 Å². The maximum Gasteiger partial charge on any atom is 0.112 e. The Morgan fingerprint density at radius 3 is 2.67 bits per heavy atom. The third-order valence-corrected chi connectivity index (χ3v) is 4.32. The van der Waals surface area contributed by atoms with Crippen LogP contribution >= 0.6 is 15.9 Å². The van der Waals surface area contributed by atoms with Gasteiger partial charge in [0.1, 0.15) is 5.82 Å². The van der Waals surface area contributed by atoms with Crippen molar-refractivity contribution in [2.45, 2.75) is 18.9 Å². The third-order valence-electron chi connectivity index (χ3n) is 3.83. The lowest BCUT2D eigenvalue weighted by Crippen LogP contribution is -2.25. The van der Waals surface area contributed by atoms with E-state index in [-0.39, 0.29) is 0 Å². The summed E-state index contributed by atoms with van der Waals surface area (Å²) in [5, 5.41) is 10.8. The Morgan fingerprint density at radius 2 is 1.95 bits per heavy atom. The highest BCUT2D eigenvalue weighted by Gasteiger charge is 2.26. The topological polar surface area (TPSA) is 38.0 Å². The highest BCUT2D eigenvalue weighted by molar-refractivity contribution is 9.10. The Morgan fingerprint density at radius 1 is 1.19 bits per heavy atom. The summed E-state index contributed by atoms with van der Waals surface area (Å²) in [6.45, 7) is 1.83. The monoisotopic (exact) mass is 344 g/mol. The van der Waals surface area contributed by atoms with E-state index in [4.69, 9.17) is 0 Å². The van der Waals surface area contributed by atoms with Gasteiger partial charge < -0.3 is 9.67 Å². The number of aryl methyl sites for hydroxylation is 1. The van der Waals surface area contributed by atoms with Gasteiger partial charge in [0.05, 0.1) is 16.6 Å². The first-order valence-corrected chi connectivity index (χ1v) is 7.65. The quantitative estimate of drug-likeness (QED) is 0.784. The van der Waals surface area contributed by atoms with Crippen molar-refractivity contribution in [1.29, 1.82) is 0 Å². The van der Waals surface area contributed by atoms with E-state index in [2.05, 4.69) is 20.9 Å². The Labute approximate surface area is 132 Å². The first kappa shape index (κ1) is 14.3. The van der Waals surface area contributed by atoms with Crippen LogP contribution in [0.2, 0.25) is 0 Å². The van der Waals surface area contributed by atoms with E-state index in [0.29, 0.717) is 6.42 Å². The van der Waals surface area contributed by atoms with Gasteiger partial charge in [-0.1, -0.05) is 40.2 Å². The molecule has 21 heavy (non-hydrogen) atoms. The van der Waals surface area contributed by atoms with Crippen molar-refractivity contribution in [1.82, 2.24) is 9.55 Å². The fraction of sp³-hybridized carbons (Fsp3) is 0.235. The first-order valence-electron chi connectivity index (χ1n) is 6.86. The lowest BCUT2D eigenvalue weighted by Gasteiger charge is -2.23. The van der Waals surface area contributed by atoms with E-state index in [9.17, 15) is 5.11 Å². The molecule has 3 rings (SSSR count). The van der Waals surface area contributed by atoms with Gasteiger partial charge in [0.2, 0.25) is 0 Å².